The van der Waals surface area contributed by atoms with E-state index in [0.29, 0.717) is 6.04 Å². The first kappa shape index (κ1) is 15.0. The highest BCUT2D eigenvalue weighted by atomic mass is 14.9. The van der Waals surface area contributed by atoms with Crippen molar-refractivity contribution in [2.24, 2.45) is 0 Å². The summed E-state index contributed by atoms with van der Waals surface area (Å²) in [6.45, 7) is 9.15. The zero-order chi connectivity index (χ0) is 11.5. The molecule has 0 aromatic heterocycles. The van der Waals surface area contributed by atoms with Crippen LogP contribution in [0.1, 0.15) is 79.1 Å². The molecule has 0 radical (unpaired) electrons. The van der Waals surface area contributed by atoms with Gasteiger partial charge in [-0.15, -0.1) is 0 Å². The maximum atomic E-state index is 3.71. The van der Waals surface area contributed by atoms with Gasteiger partial charge in [0, 0.05) is 12.1 Å². The van der Waals surface area contributed by atoms with E-state index in [1.165, 1.54) is 51.4 Å². The maximum Gasteiger partial charge on any atom is 0.00642 e. The molecule has 0 aromatic carbocycles. The molecule has 0 aliphatic heterocycles. The van der Waals surface area contributed by atoms with Gasteiger partial charge in [-0.1, -0.05) is 52.9 Å². The summed E-state index contributed by atoms with van der Waals surface area (Å²) in [7, 11) is 0. The van der Waals surface area contributed by atoms with E-state index >= 15 is 0 Å². The second-order valence-electron chi connectivity index (χ2n) is 4.78. The largest absolute Gasteiger partial charge is 0.312 e. The third-order valence-corrected chi connectivity index (χ3v) is 3.25. The van der Waals surface area contributed by atoms with Gasteiger partial charge in [0.25, 0.3) is 0 Å². The molecule has 0 bridgehead atoms. The molecule has 0 amide bonds. The number of hydrogen-bond acceptors (Lipinski definition) is 1. The lowest BCUT2D eigenvalue weighted by Gasteiger charge is -2.20. The minimum Gasteiger partial charge on any atom is -0.312 e. The molecule has 15 heavy (non-hydrogen) atoms. The van der Waals surface area contributed by atoms with Crippen molar-refractivity contribution in [2.45, 2.75) is 91.1 Å². The van der Waals surface area contributed by atoms with Crippen LogP contribution in [0.3, 0.4) is 0 Å². The fourth-order valence-electron chi connectivity index (χ4n) is 2.06. The molecule has 1 heteroatoms. The molecule has 0 aliphatic rings. The molecule has 0 aromatic rings. The molecule has 0 saturated heterocycles. The van der Waals surface area contributed by atoms with E-state index in [0.717, 1.165) is 6.04 Å². The third-order valence-electron chi connectivity index (χ3n) is 3.25. The molecule has 1 N–H and O–H groups in total. The fraction of sp³-hybridized carbons (Fsp3) is 1.00. The molecule has 0 saturated carbocycles. The van der Waals surface area contributed by atoms with Gasteiger partial charge in [-0.2, -0.15) is 0 Å². The lowest BCUT2D eigenvalue weighted by Crippen LogP contribution is -2.35. The monoisotopic (exact) mass is 213 g/mol. The van der Waals surface area contributed by atoms with Crippen LogP contribution in [0.5, 0.6) is 0 Å². The first-order valence-electron chi connectivity index (χ1n) is 7.00. The summed E-state index contributed by atoms with van der Waals surface area (Å²) in [6, 6.07) is 1.44. The van der Waals surface area contributed by atoms with E-state index in [2.05, 4.69) is 33.0 Å². The Morgan fingerprint density at radius 2 is 1.47 bits per heavy atom. The Labute approximate surface area is 97.0 Å². The van der Waals surface area contributed by atoms with Crippen molar-refractivity contribution in [1.29, 1.82) is 0 Å². The smallest absolute Gasteiger partial charge is 0.00642 e. The Morgan fingerprint density at radius 3 is 2.00 bits per heavy atom. The zero-order valence-corrected chi connectivity index (χ0v) is 11.3. The van der Waals surface area contributed by atoms with E-state index < -0.39 is 0 Å². The minimum absolute atomic E-state index is 0.705. The molecule has 0 spiro atoms. The van der Waals surface area contributed by atoms with E-state index in [-0.39, 0.29) is 0 Å². The van der Waals surface area contributed by atoms with Crippen molar-refractivity contribution in [2.75, 3.05) is 0 Å². The number of nitrogens with one attached hydrogen (secondary N) is 1. The molecular formula is C14H31N. The van der Waals surface area contributed by atoms with Crippen LogP contribution >= 0.6 is 0 Å². The van der Waals surface area contributed by atoms with Gasteiger partial charge in [0.1, 0.15) is 0 Å². The van der Waals surface area contributed by atoms with Crippen molar-refractivity contribution in [3.05, 3.63) is 0 Å². The third kappa shape index (κ3) is 8.92. The normalized spacial score (nSPS) is 13.4. The van der Waals surface area contributed by atoms with E-state index in [4.69, 9.17) is 0 Å². The number of hydrogen-bond donors (Lipinski definition) is 1. The summed E-state index contributed by atoms with van der Waals surface area (Å²) in [4.78, 5) is 0. The van der Waals surface area contributed by atoms with Crippen LogP contribution in [0.2, 0.25) is 0 Å². The first-order chi connectivity index (χ1) is 7.24. The van der Waals surface area contributed by atoms with Gasteiger partial charge < -0.3 is 5.32 Å². The van der Waals surface area contributed by atoms with Gasteiger partial charge in [-0.3, -0.25) is 0 Å². The zero-order valence-electron chi connectivity index (χ0n) is 11.3. The highest BCUT2D eigenvalue weighted by Gasteiger charge is 2.07. The quantitative estimate of drug-likeness (QED) is 0.526. The Hall–Kier alpha value is -0.0400. The van der Waals surface area contributed by atoms with Crippen molar-refractivity contribution in [3.8, 4) is 0 Å². The number of rotatable bonds is 10. The van der Waals surface area contributed by atoms with Gasteiger partial charge in [0.05, 0.1) is 0 Å². The molecular weight excluding hydrogens is 182 g/mol. The molecule has 0 heterocycles. The second kappa shape index (κ2) is 10.5. The van der Waals surface area contributed by atoms with Crippen LogP contribution in [0, 0.1) is 0 Å². The summed E-state index contributed by atoms with van der Waals surface area (Å²) in [5.74, 6) is 0. The lowest BCUT2D eigenvalue weighted by atomic mass is 10.1. The topological polar surface area (TPSA) is 12.0 Å². The predicted molar refractivity (Wildman–Crippen MR) is 70.3 cm³/mol. The Kier molecular flexibility index (Phi) is 10.4. The van der Waals surface area contributed by atoms with Crippen LogP contribution in [0.4, 0.5) is 0 Å². The molecule has 1 nitrogen and oxygen atoms in total. The van der Waals surface area contributed by atoms with Gasteiger partial charge in [0.15, 0.2) is 0 Å². The van der Waals surface area contributed by atoms with Gasteiger partial charge in [-0.05, 0) is 26.2 Å². The average Bonchev–Trinajstić information content (AvgIpc) is 2.25. The molecule has 0 aliphatic carbocycles. The lowest BCUT2D eigenvalue weighted by molar-refractivity contribution is 0.397. The number of unbranched alkanes of at least 4 members (excludes halogenated alkanes) is 4. The van der Waals surface area contributed by atoms with E-state index in [1.54, 1.807) is 0 Å². The minimum atomic E-state index is 0.705. The second-order valence-corrected chi connectivity index (χ2v) is 4.78. The summed E-state index contributed by atoms with van der Waals surface area (Å²) in [5, 5.41) is 3.71. The predicted octanol–water partition coefficient (Wildman–Crippen LogP) is 4.51. The van der Waals surface area contributed by atoms with Gasteiger partial charge >= 0.3 is 0 Å². The molecule has 1 atom stereocenters. The summed E-state index contributed by atoms with van der Waals surface area (Å²) < 4.78 is 0. The Bertz CT molecular complexity index is 119. The molecule has 0 rings (SSSR count). The van der Waals surface area contributed by atoms with Gasteiger partial charge in [-0.25, -0.2) is 0 Å². The van der Waals surface area contributed by atoms with E-state index in [9.17, 15) is 0 Å². The van der Waals surface area contributed by atoms with Crippen LogP contribution < -0.4 is 5.32 Å². The average molecular weight is 213 g/mol. The maximum absolute atomic E-state index is 3.71. The molecule has 1 unspecified atom stereocenters. The Morgan fingerprint density at radius 1 is 0.867 bits per heavy atom. The van der Waals surface area contributed by atoms with E-state index in [1.807, 2.05) is 0 Å². The summed E-state index contributed by atoms with van der Waals surface area (Å²) >= 11 is 0. The van der Waals surface area contributed by atoms with Crippen molar-refractivity contribution in [3.63, 3.8) is 0 Å². The van der Waals surface area contributed by atoms with Crippen molar-refractivity contribution >= 4 is 0 Å². The highest BCUT2D eigenvalue weighted by Crippen LogP contribution is 2.08. The van der Waals surface area contributed by atoms with Gasteiger partial charge in [0.2, 0.25) is 0 Å². The van der Waals surface area contributed by atoms with Crippen LogP contribution in [-0.4, -0.2) is 12.1 Å². The SMILES string of the molecule is CCCCCCCC(C)NC(CC)CC. The van der Waals surface area contributed by atoms with Crippen LogP contribution in [0.15, 0.2) is 0 Å². The molecule has 92 valence electrons. The van der Waals surface area contributed by atoms with Crippen molar-refractivity contribution in [1.82, 2.24) is 5.32 Å². The standard InChI is InChI=1S/C14H31N/c1-5-8-9-10-11-12-13(4)15-14(6-2)7-3/h13-15H,5-12H2,1-4H3. The van der Waals surface area contributed by atoms with Crippen LogP contribution in [0.25, 0.3) is 0 Å². The first-order valence-corrected chi connectivity index (χ1v) is 7.00. The summed E-state index contributed by atoms with van der Waals surface area (Å²) in [5.41, 5.74) is 0. The fourth-order valence-corrected chi connectivity index (χ4v) is 2.06. The van der Waals surface area contributed by atoms with Crippen molar-refractivity contribution < 1.29 is 0 Å². The van der Waals surface area contributed by atoms with Crippen LogP contribution in [-0.2, 0) is 0 Å². The highest BCUT2D eigenvalue weighted by molar-refractivity contribution is 4.68. The summed E-state index contributed by atoms with van der Waals surface area (Å²) in [6.07, 6.45) is 10.9. The molecule has 0 fully saturated rings. The Balaban J connectivity index is 3.35.